The maximum atomic E-state index is 11.9. The summed E-state index contributed by atoms with van der Waals surface area (Å²) in [6.45, 7) is 1.88. The van der Waals surface area contributed by atoms with E-state index in [9.17, 15) is 30.0 Å². The molecule has 0 aliphatic carbocycles. The Balaban J connectivity index is 0.000000211. The number of hydrogen-bond acceptors (Lipinski definition) is 7. The van der Waals surface area contributed by atoms with Gasteiger partial charge in [-0.25, -0.2) is 0 Å². The Bertz CT molecular complexity index is 1400. The quantitative estimate of drug-likeness (QED) is 0.159. The third-order valence-corrected chi connectivity index (χ3v) is 5.29. The predicted octanol–water partition coefficient (Wildman–Crippen LogP) is 6.00. The molecule has 0 atom stereocenters. The van der Waals surface area contributed by atoms with Crippen molar-refractivity contribution in [2.24, 2.45) is 0 Å². The molecule has 0 saturated carbocycles. The van der Waals surface area contributed by atoms with E-state index < -0.39 is 0 Å². The number of rotatable bonds is 6. The van der Waals surface area contributed by atoms with Crippen molar-refractivity contribution in [2.45, 2.75) is 6.92 Å². The molecule has 0 fully saturated rings. The van der Waals surface area contributed by atoms with Crippen molar-refractivity contribution in [3.63, 3.8) is 0 Å². The molecule has 7 nitrogen and oxygen atoms in total. The summed E-state index contributed by atoms with van der Waals surface area (Å²) in [7, 11) is 0. The standard InChI is InChI=1S/C16H14O3.C15H12O4/c1-11-5-6-12(16(19)9-11)7-8-15(18)13-3-2-4-14(17)10-13;16-12-3-1-2-11(8-12)14(18)7-5-10-4-6-13(17)9-15(10)19/h2-10,17,19H,1H3;1-9,16-17,19H/b8-7+;7-5+. The van der Waals surface area contributed by atoms with Crippen LogP contribution in [-0.2, 0) is 0 Å². The van der Waals surface area contributed by atoms with Gasteiger partial charge in [0.1, 0.15) is 28.7 Å². The van der Waals surface area contributed by atoms with Crippen LogP contribution in [0.1, 0.15) is 37.4 Å². The summed E-state index contributed by atoms with van der Waals surface area (Å²) in [4.78, 5) is 23.7. The Labute approximate surface area is 219 Å². The lowest BCUT2D eigenvalue weighted by Gasteiger charge is -2.00. The monoisotopic (exact) mass is 510 g/mol. The molecule has 0 aliphatic rings. The first kappa shape index (κ1) is 27.3. The molecule has 0 radical (unpaired) electrons. The van der Waals surface area contributed by atoms with Crippen molar-refractivity contribution >= 4 is 23.7 Å². The van der Waals surface area contributed by atoms with Crippen LogP contribution >= 0.6 is 0 Å². The Morgan fingerprint density at radius 3 is 1.45 bits per heavy atom. The van der Waals surface area contributed by atoms with Crippen LogP contribution in [0.25, 0.3) is 12.2 Å². The van der Waals surface area contributed by atoms with E-state index in [0.29, 0.717) is 22.3 Å². The number of benzene rings is 4. The number of aryl methyl sites for hydroxylation is 1. The van der Waals surface area contributed by atoms with E-state index in [2.05, 4.69) is 0 Å². The third-order valence-electron chi connectivity index (χ3n) is 5.29. The number of phenols is 5. The van der Waals surface area contributed by atoms with Gasteiger partial charge in [0.15, 0.2) is 11.6 Å². The number of carbonyl (C=O) groups excluding carboxylic acids is 2. The van der Waals surface area contributed by atoms with E-state index in [1.807, 2.05) is 13.0 Å². The van der Waals surface area contributed by atoms with Gasteiger partial charge in [0.2, 0.25) is 0 Å². The highest BCUT2D eigenvalue weighted by Gasteiger charge is 2.05. The Morgan fingerprint density at radius 2 is 1.00 bits per heavy atom. The molecule has 4 aromatic carbocycles. The lowest BCUT2D eigenvalue weighted by Crippen LogP contribution is -1.93. The van der Waals surface area contributed by atoms with E-state index in [0.717, 1.165) is 5.56 Å². The molecule has 0 aromatic heterocycles. The fourth-order valence-electron chi connectivity index (χ4n) is 3.31. The minimum absolute atomic E-state index is 0.0201. The van der Waals surface area contributed by atoms with Gasteiger partial charge in [0, 0.05) is 28.3 Å². The smallest absolute Gasteiger partial charge is 0.185 e. The van der Waals surface area contributed by atoms with Crippen LogP contribution in [0.4, 0.5) is 0 Å². The van der Waals surface area contributed by atoms with Crippen LogP contribution in [0.3, 0.4) is 0 Å². The molecule has 0 spiro atoms. The van der Waals surface area contributed by atoms with E-state index in [1.54, 1.807) is 42.5 Å². The summed E-state index contributed by atoms with van der Waals surface area (Å²) in [5, 5.41) is 47.0. The van der Waals surface area contributed by atoms with Gasteiger partial charge in [0.25, 0.3) is 0 Å². The highest BCUT2D eigenvalue weighted by Crippen LogP contribution is 2.24. The van der Waals surface area contributed by atoms with Crippen molar-refractivity contribution in [1.29, 1.82) is 0 Å². The topological polar surface area (TPSA) is 135 Å². The summed E-state index contributed by atoms with van der Waals surface area (Å²) in [5.41, 5.74) is 2.72. The highest BCUT2D eigenvalue weighted by atomic mass is 16.3. The van der Waals surface area contributed by atoms with Gasteiger partial charge < -0.3 is 25.5 Å². The third kappa shape index (κ3) is 7.86. The first-order chi connectivity index (χ1) is 18.1. The summed E-state index contributed by atoms with van der Waals surface area (Å²) in [6.07, 6.45) is 5.67. The molecular weight excluding hydrogens is 484 g/mol. The second-order valence-electron chi connectivity index (χ2n) is 8.30. The molecule has 192 valence electrons. The van der Waals surface area contributed by atoms with Crippen molar-refractivity contribution in [2.75, 3.05) is 0 Å². The van der Waals surface area contributed by atoms with Crippen LogP contribution in [0.2, 0.25) is 0 Å². The molecule has 0 amide bonds. The summed E-state index contributed by atoms with van der Waals surface area (Å²) in [5.74, 6) is -0.461. The number of phenolic OH excluding ortho intramolecular Hbond substituents is 5. The van der Waals surface area contributed by atoms with Crippen molar-refractivity contribution < 1.29 is 35.1 Å². The van der Waals surface area contributed by atoms with Gasteiger partial charge in [0.05, 0.1) is 0 Å². The molecule has 0 saturated heterocycles. The van der Waals surface area contributed by atoms with E-state index in [1.165, 1.54) is 60.7 Å². The zero-order valence-corrected chi connectivity index (χ0v) is 20.4. The molecule has 5 N–H and O–H groups in total. The van der Waals surface area contributed by atoms with Crippen LogP contribution in [0.5, 0.6) is 28.7 Å². The lowest BCUT2D eigenvalue weighted by molar-refractivity contribution is 0.103. The van der Waals surface area contributed by atoms with Crippen LogP contribution in [0.15, 0.2) is 97.1 Å². The van der Waals surface area contributed by atoms with E-state index in [4.69, 9.17) is 5.11 Å². The van der Waals surface area contributed by atoms with Crippen molar-refractivity contribution in [3.05, 3.63) is 125 Å². The first-order valence-electron chi connectivity index (χ1n) is 11.5. The number of ketones is 2. The number of carbonyl (C=O) groups is 2. The zero-order valence-electron chi connectivity index (χ0n) is 20.4. The molecule has 38 heavy (non-hydrogen) atoms. The summed E-state index contributed by atoms with van der Waals surface area (Å²) in [6, 6.07) is 21.5. The first-order valence-corrected chi connectivity index (χ1v) is 11.5. The minimum Gasteiger partial charge on any atom is -0.508 e. The zero-order chi connectivity index (χ0) is 27.7. The van der Waals surface area contributed by atoms with Gasteiger partial charge in [-0.15, -0.1) is 0 Å². The van der Waals surface area contributed by atoms with Crippen molar-refractivity contribution in [3.8, 4) is 28.7 Å². The molecule has 4 aromatic rings. The number of aromatic hydroxyl groups is 5. The molecule has 7 heteroatoms. The Kier molecular flexibility index (Phi) is 9.05. The number of hydrogen-bond donors (Lipinski definition) is 5. The second-order valence-corrected chi connectivity index (χ2v) is 8.30. The van der Waals surface area contributed by atoms with Crippen LogP contribution in [0, 0.1) is 6.92 Å². The average molecular weight is 511 g/mol. The molecule has 0 unspecified atom stereocenters. The molecular formula is C31H26O7. The molecule has 0 aliphatic heterocycles. The summed E-state index contributed by atoms with van der Waals surface area (Å²) >= 11 is 0. The fourth-order valence-corrected chi connectivity index (χ4v) is 3.31. The largest absolute Gasteiger partial charge is 0.508 e. The normalized spacial score (nSPS) is 10.8. The van der Waals surface area contributed by atoms with Gasteiger partial charge in [-0.3, -0.25) is 9.59 Å². The van der Waals surface area contributed by atoms with Crippen LogP contribution in [-0.4, -0.2) is 37.1 Å². The van der Waals surface area contributed by atoms with Gasteiger partial charge in [-0.05, 0) is 79.3 Å². The Morgan fingerprint density at radius 1 is 0.553 bits per heavy atom. The van der Waals surface area contributed by atoms with Gasteiger partial charge in [-0.2, -0.15) is 0 Å². The molecule has 0 heterocycles. The lowest BCUT2D eigenvalue weighted by atomic mass is 10.1. The van der Waals surface area contributed by atoms with Gasteiger partial charge >= 0.3 is 0 Å². The summed E-state index contributed by atoms with van der Waals surface area (Å²) < 4.78 is 0. The highest BCUT2D eigenvalue weighted by molar-refractivity contribution is 6.07. The SMILES string of the molecule is Cc1ccc(/C=C/C(=O)c2cccc(O)c2)c(O)c1.O=C(/C=C/c1ccc(O)cc1O)c1cccc(O)c1. The predicted molar refractivity (Wildman–Crippen MR) is 146 cm³/mol. The van der Waals surface area contributed by atoms with Gasteiger partial charge in [-0.1, -0.05) is 36.4 Å². The fraction of sp³-hybridized carbons (Fsp3) is 0.0323. The van der Waals surface area contributed by atoms with E-state index >= 15 is 0 Å². The van der Waals surface area contributed by atoms with Crippen LogP contribution < -0.4 is 0 Å². The Hall–Kier alpha value is -5.30. The minimum atomic E-state index is -0.289. The maximum absolute atomic E-state index is 11.9. The average Bonchev–Trinajstić information content (AvgIpc) is 2.88. The van der Waals surface area contributed by atoms with Crippen molar-refractivity contribution in [1.82, 2.24) is 0 Å². The van der Waals surface area contributed by atoms with E-state index in [-0.39, 0.29) is 40.3 Å². The maximum Gasteiger partial charge on any atom is 0.185 e. The molecule has 0 bridgehead atoms. The second kappa shape index (κ2) is 12.6. The number of allylic oxidation sites excluding steroid dienone is 2. The molecule has 4 rings (SSSR count).